The topological polar surface area (TPSA) is 43.8 Å². The van der Waals surface area contributed by atoms with E-state index >= 15 is 0 Å². The van der Waals surface area contributed by atoms with E-state index in [-0.39, 0.29) is 6.04 Å². The number of nitrogens with two attached hydrogens (primary N) is 1. The molecule has 3 heteroatoms. The zero-order valence-corrected chi connectivity index (χ0v) is 12.7. The Kier molecular flexibility index (Phi) is 4.67. The van der Waals surface area contributed by atoms with Crippen LogP contribution in [0.2, 0.25) is 0 Å². The Bertz CT molecular complexity index is 388. The highest BCUT2D eigenvalue weighted by molar-refractivity contribution is 5.06. The summed E-state index contributed by atoms with van der Waals surface area (Å²) in [5, 5.41) is 0. The number of imidazole rings is 1. The monoisotopic (exact) mass is 263 g/mol. The molecule has 0 radical (unpaired) electrons. The van der Waals surface area contributed by atoms with Gasteiger partial charge in [-0.05, 0) is 37.0 Å². The second kappa shape index (κ2) is 6.08. The van der Waals surface area contributed by atoms with Gasteiger partial charge in [0, 0.05) is 18.8 Å². The highest BCUT2D eigenvalue weighted by atomic mass is 15.1. The summed E-state index contributed by atoms with van der Waals surface area (Å²) in [5.41, 5.74) is 8.05. The van der Waals surface area contributed by atoms with Crippen molar-refractivity contribution in [2.75, 3.05) is 0 Å². The van der Waals surface area contributed by atoms with E-state index in [1.54, 1.807) is 0 Å². The molecule has 2 rings (SSSR count). The van der Waals surface area contributed by atoms with Crippen LogP contribution >= 0.6 is 0 Å². The molecule has 0 aliphatic heterocycles. The van der Waals surface area contributed by atoms with Crippen molar-refractivity contribution in [2.45, 2.75) is 71.9 Å². The van der Waals surface area contributed by atoms with E-state index in [0.29, 0.717) is 11.3 Å². The summed E-state index contributed by atoms with van der Waals surface area (Å²) in [4.78, 5) is 4.34. The van der Waals surface area contributed by atoms with Gasteiger partial charge < -0.3 is 10.3 Å². The summed E-state index contributed by atoms with van der Waals surface area (Å²) < 4.78 is 2.32. The minimum atomic E-state index is 0.123. The summed E-state index contributed by atoms with van der Waals surface area (Å²) in [6.45, 7) is 7.89. The number of aromatic nitrogens is 2. The quantitative estimate of drug-likeness (QED) is 0.846. The fourth-order valence-electron chi connectivity index (χ4n) is 3.51. The Balaban J connectivity index is 2.10. The molecular formula is C16H29N3. The van der Waals surface area contributed by atoms with Crippen molar-refractivity contribution in [3.63, 3.8) is 0 Å². The van der Waals surface area contributed by atoms with Gasteiger partial charge in [0.1, 0.15) is 0 Å². The van der Waals surface area contributed by atoms with Crippen molar-refractivity contribution in [3.8, 4) is 0 Å². The highest BCUT2D eigenvalue weighted by Crippen LogP contribution is 2.42. The Morgan fingerprint density at radius 1 is 1.37 bits per heavy atom. The lowest BCUT2D eigenvalue weighted by Gasteiger charge is -2.29. The molecule has 1 aromatic heterocycles. The Hall–Kier alpha value is -0.830. The lowest BCUT2D eigenvalue weighted by molar-refractivity contribution is 0.232. The van der Waals surface area contributed by atoms with Crippen LogP contribution in [0, 0.1) is 11.3 Å². The summed E-state index contributed by atoms with van der Waals surface area (Å²) >= 11 is 0. The van der Waals surface area contributed by atoms with Gasteiger partial charge in [0.25, 0.3) is 0 Å². The standard InChI is InChI=1S/C16H29N3/c1-4-16(7-5-6-8-16)11-19-12-18-10-15(19)14(17)9-13(2)3/h10,12-14H,4-9,11,17H2,1-3H3. The van der Waals surface area contributed by atoms with Gasteiger partial charge in [-0.2, -0.15) is 0 Å². The van der Waals surface area contributed by atoms with E-state index in [0.717, 1.165) is 13.0 Å². The first-order valence-corrected chi connectivity index (χ1v) is 7.82. The molecule has 0 spiro atoms. The summed E-state index contributed by atoms with van der Waals surface area (Å²) in [5.74, 6) is 0.630. The summed E-state index contributed by atoms with van der Waals surface area (Å²) in [6.07, 6.45) is 11.7. The smallest absolute Gasteiger partial charge is 0.0948 e. The molecule has 1 aromatic rings. The van der Waals surface area contributed by atoms with Gasteiger partial charge in [-0.25, -0.2) is 4.98 Å². The summed E-state index contributed by atoms with van der Waals surface area (Å²) in [6, 6.07) is 0.123. The zero-order chi connectivity index (χ0) is 13.9. The average molecular weight is 263 g/mol. The van der Waals surface area contributed by atoms with Crippen molar-refractivity contribution in [2.24, 2.45) is 17.1 Å². The first-order valence-electron chi connectivity index (χ1n) is 7.82. The molecule has 19 heavy (non-hydrogen) atoms. The number of nitrogens with zero attached hydrogens (tertiary/aromatic N) is 2. The van der Waals surface area contributed by atoms with E-state index in [2.05, 4.69) is 30.3 Å². The third-order valence-electron chi connectivity index (χ3n) is 4.77. The van der Waals surface area contributed by atoms with Crippen LogP contribution in [0.4, 0.5) is 0 Å². The Labute approximate surface area is 117 Å². The molecule has 108 valence electrons. The maximum absolute atomic E-state index is 6.34. The highest BCUT2D eigenvalue weighted by Gasteiger charge is 2.33. The van der Waals surface area contributed by atoms with Gasteiger partial charge in [0.05, 0.1) is 12.0 Å². The third kappa shape index (κ3) is 3.38. The normalized spacial score (nSPS) is 20.1. The number of rotatable bonds is 6. The average Bonchev–Trinajstić information content (AvgIpc) is 2.98. The van der Waals surface area contributed by atoms with E-state index in [1.165, 1.54) is 37.8 Å². The van der Waals surface area contributed by atoms with Crippen LogP contribution in [0.25, 0.3) is 0 Å². The van der Waals surface area contributed by atoms with Crippen molar-refractivity contribution < 1.29 is 0 Å². The van der Waals surface area contributed by atoms with Crippen LogP contribution < -0.4 is 5.73 Å². The molecule has 1 atom stereocenters. The molecule has 0 aromatic carbocycles. The molecule has 2 N–H and O–H groups in total. The molecule has 1 aliphatic rings. The molecule has 1 aliphatic carbocycles. The minimum Gasteiger partial charge on any atom is -0.333 e. The largest absolute Gasteiger partial charge is 0.333 e. The Morgan fingerprint density at radius 2 is 2.05 bits per heavy atom. The first kappa shape index (κ1) is 14.6. The van der Waals surface area contributed by atoms with Crippen LogP contribution in [0.1, 0.15) is 71.0 Å². The minimum absolute atomic E-state index is 0.123. The summed E-state index contributed by atoms with van der Waals surface area (Å²) in [7, 11) is 0. The molecule has 0 bridgehead atoms. The van der Waals surface area contributed by atoms with Gasteiger partial charge in [-0.1, -0.05) is 33.6 Å². The third-order valence-corrected chi connectivity index (χ3v) is 4.77. The van der Waals surface area contributed by atoms with Gasteiger partial charge >= 0.3 is 0 Å². The van der Waals surface area contributed by atoms with Crippen LogP contribution in [0.15, 0.2) is 12.5 Å². The van der Waals surface area contributed by atoms with Gasteiger partial charge in [-0.15, -0.1) is 0 Å². The predicted octanol–water partition coefficient (Wildman–Crippen LogP) is 3.90. The van der Waals surface area contributed by atoms with Gasteiger partial charge in [0.2, 0.25) is 0 Å². The predicted molar refractivity (Wildman–Crippen MR) is 79.8 cm³/mol. The second-order valence-corrected chi connectivity index (χ2v) is 6.74. The van der Waals surface area contributed by atoms with Crippen LogP contribution in [0.3, 0.4) is 0 Å². The molecule has 1 unspecified atom stereocenters. The van der Waals surface area contributed by atoms with E-state index in [1.807, 2.05) is 12.5 Å². The van der Waals surface area contributed by atoms with Crippen molar-refractivity contribution in [1.29, 1.82) is 0 Å². The SMILES string of the molecule is CCC1(Cn2cncc2C(N)CC(C)C)CCCC1. The molecule has 3 nitrogen and oxygen atoms in total. The van der Waals surface area contributed by atoms with Gasteiger partial charge in [-0.3, -0.25) is 0 Å². The molecule has 1 fully saturated rings. The van der Waals surface area contributed by atoms with E-state index < -0.39 is 0 Å². The van der Waals surface area contributed by atoms with Crippen molar-refractivity contribution in [3.05, 3.63) is 18.2 Å². The van der Waals surface area contributed by atoms with E-state index in [4.69, 9.17) is 5.73 Å². The van der Waals surface area contributed by atoms with Crippen molar-refractivity contribution >= 4 is 0 Å². The maximum atomic E-state index is 6.34. The maximum Gasteiger partial charge on any atom is 0.0948 e. The molecular weight excluding hydrogens is 234 g/mol. The number of hydrogen-bond acceptors (Lipinski definition) is 2. The molecule has 1 saturated carbocycles. The number of hydrogen-bond donors (Lipinski definition) is 1. The lowest BCUT2D eigenvalue weighted by atomic mass is 9.83. The molecule has 0 amide bonds. The van der Waals surface area contributed by atoms with Crippen LogP contribution in [0.5, 0.6) is 0 Å². The fraction of sp³-hybridized carbons (Fsp3) is 0.812. The van der Waals surface area contributed by atoms with Crippen LogP contribution in [-0.4, -0.2) is 9.55 Å². The zero-order valence-electron chi connectivity index (χ0n) is 12.7. The van der Waals surface area contributed by atoms with Gasteiger partial charge in [0.15, 0.2) is 0 Å². The second-order valence-electron chi connectivity index (χ2n) is 6.74. The van der Waals surface area contributed by atoms with Crippen molar-refractivity contribution in [1.82, 2.24) is 9.55 Å². The Morgan fingerprint density at radius 3 is 2.63 bits per heavy atom. The molecule has 0 saturated heterocycles. The lowest BCUT2D eigenvalue weighted by Crippen LogP contribution is -2.25. The fourth-order valence-corrected chi connectivity index (χ4v) is 3.51. The van der Waals surface area contributed by atoms with Crippen LogP contribution in [-0.2, 0) is 6.54 Å². The molecule has 1 heterocycles. The first-order chi connectivity index (χ1) is 9.06. The van der Waals surface area contributed by atoms with E-state index in [9.17, 15) is 0 Å².